The molecule has 0 saturated heterocycles. The molecule has 0 aliphatic heterocycles. The van der Waals surface area contributed by atoms with Gasteiger partial charge in [0.2, 0.25) is 0 Å². The van der Waals surface area contributed by atoms with E-state index in [1.165, 1.54) is 12.8 Å². The van der Waals surface area contributed by atoms with Crippen LogP contribution in [-0.2, 0) is 0 Å². The lowest BCUT2D eigenvalue weighted by atomic mass is 9.92. The number of para-hydroxylation sites is 1. The summed E-state index contributed by atoms with van der Waals surface area (Å²) in [7, 11) is 0. The van der Waals surface area contributed by atoms with Crippen molar-refractivity contribution in [2.24, 2.45) is 5.41 Å². The van der Waals surface area contributed by atoms with E-state index >= 15 is 0 Å². The van der Waals surface area contributed by atoms with Gasteiger partial charge in [-0.05, 0) is 36.8 Å². The van der Waals surface area contributed by atoms with E-state index in [4.69, 9.17) is 0 Å². The lowest BCUT2D eigenvalue weighted by Gasteiger charge is -2.18. The summed E-state index contributed by atoms with van der Waals surface area (Å²) in [5, 5.41) is 13.7. The van der Waals surface area contributed by atoms with Gasteiger partial charge in [-0.15, -0.1) is 0 Å². The van der Waals surface area contributed by atoms with Gasteiger partial charge in [0, 0.05) is 11.4 Å². The first-order valence-electron chi connectivity index (χ1n) is 7.14. The molecule has 1 atom stereocenters. The number of pyridine rings is 1. The Labute approximate surface area is 119 Å². The molecule has 1 aliphatic rings. The molecule has 0 bridgehead atoms. The predicted octanol–water partition coefficient (Wildman–Crippen LogP) is 4.10. The molecule has 3 rings (SSSR count). The molecule has 20 heavy (non-hydrogen) atoms. The van der Waals surface area contributed by atoms with Crippen LogP contribution in [0.15, 0.2) is 30.3 Å². The minimum absolute atomic E-state index is 0.409. The Morgan fingerprint density at radius 1 is 1.35 bits per heavy atom. The minimum Gasteiger partial charge on any atom is -0.367 e. The van der Waals surface area contributed by atoms with Crippen molar-refractivity contribution in [3.63, 3.8) is 0 Å². The number of hydrogen-bond donors (Lipinski definition) is 1. The molecule has 1 heterocycles. The maximum absolute atomic E-state index is 9.30. The van der Waals surface area contributed by atoms with E-state index in [0.717, 1.165) is 23.1 Å². The second kappa shape index (κ2) is 4.79. The first-order chi connectivity index (χ1) is 9.57. The maximum atomic E-state index is 9.30. The average Bonchev–Trinajstić information content (AvgIpc) is 2.77. The number of rotatable bonds is 2. The number of benzene rings is 1. The van der Waals surface area contributed by atoms with Crippen LogP contribution in [0.5, 0.6) is 0 Å². The molecule has 1 saturated carbocycles. The molecule has 1 N–H and O–H groups in total. The molecule has 0 spiro atoms. The number of nitriles is 1. The first-order valence-corrected chi connectivity index (χ1v) is 7.14. The van der Waals surface area contributed by atoms with Crippen LogP contribution >= 0.6 is 0 Å². The van der Waals surface area contributed by atoms with E-state index in [2.05, 4.69) is 30.2 Å². The van der Waals surface area contributed by atoms with Crippen LogP contribution in [0.1, 0.15) is 38.7 Å². The Morgan fingerprint density at radius 2 is 2.15 bits per heavy atom. The van der Waals surface area contributed by atoms with Crippen molar-refractivity contribution in [3.8, 4) is 6.07 Å². The van der Waals surface area contributed by atoms with Crippen LogP contribution in [0.2, 0.25) is 0 Å². The van der Waals surface area contributed by atoms with Crippen molar-refractivity contribution in [1.82, 2.24) is 4.98 Å². The predicted molar refractivity (Wildman–Crippen MR) is 81.5 cm³/mol. The van der Waals surface area contributed by atoms with Gasteiger partial charge in [-0.25, -0.2) is 4.98 Å². The maximum Gasteiger partial charge on any atom is 0.128 e. The number of aromatic nitrogens is 1. The number of nitrogens with zero attached hydrogens (tertiary/aromatic N) is 2. The molecule has 2 aromatic rings. The highest BCUT2D eigenvalue weighted by Gasteiger charge is 2.30. The zero-order chi connectivity index (χ0) is 14.2. The standard InChI is InChI=1S/C17H19N3/c1-17(2)8-7-13(10-17)19-16-9-12(11-18)14-5-3-4-6-15(14)20-16/h3-6,9,13H,7-8,10H2,1-2H3,(H,19,20). The van der Waals surface area contributed by atoms with Crippen molar-refractivity contribution in [2.75, 3.05) is 5.32 Å². The van der Waals surface area contributed by atoms with E-state index in [9.17, 15) is 5.26 Å². The van der Waals surface area contributed by atoms with Gasteiger partial charge in [0.15, 0.2) is 0 Å². The fourth-order valence-corrected chi connectivity index (χ4v) is 3.11. The summed E-state index contributed by atoms with van der Waals surface area (Å²) in [5.74, 6) is 0.822. The third-order valence-corrected chi connectivity index (χ3v) is 4.16. The molecule has 1 fully saturated rings. The van der Waals surface area contributed by atoms with E-state index in [0.29, 0.717) is 17.0 Å². The van der Waals surface area contributed by atoms with E-state index < -0.39 is 0 Å². The highest BCUT2D eigenvalue weighted by atomic mass is 15.0. The van der Waals surface area contributed by atoms with Crippen LogP contribution in [0.25, 0.3) is 10.9 Å². The molecular formula is C17H19N3. The number of hydrogen-bond acceptors (Lipinski definition) is 3. The van der Waals surface area contributed by atoms with Crippen molar-refractivity contribution in [3.05, 3.63) is 35.9 Å². The zero-order valence-corrected chi connectivity index (χ0v) is 12.0. The normalized spacial score (nSPS) is 20.8. The van der Waals surface area contributed by atoms with Gasteiger partial charge in [-0.2, -0.15) is 5.26 Å². The molecule has 0 amide bonds. The Hall–Kier alpha value is -2.08. The summed E-state index contributed by atoms with van der Waals surface area (Å²) in [6.07, 6.45) is 3.57. The van der Waals surface area contributed by atoms with Gasteiger partial charge in [-0.1, -0.05) is 32.0 Å². The smallest absolute Gasteiger partial charge is 0.128 e. The average molecular weight is 265 g/mol. The van der Waals surface area contributed by atoms with E-state index in [-0.39, 0.29) is 0 Å². The van der Waals surface area contributed by atoms with Gasteiger partial charge in [-0.3, -0.25) is 0 Å². The van der Waals surface area contributed by atoms with Crippen molar-refractivity contribution < 1.29 is 0 Å². The second-order valence-electron chi connectivity index (χ2n) is 6.43. The Kier molecular flexibility index (Phi) is 3.10. The van der Waals surface area contributed by atoms with Gasteiger partial charge < -0.3 is 5.32 Å². The Balaban J connectivity index is 1.91. The quantitative estimate of drug-likeness (QED) is 0.889. The molecule has 3 nitrogen and oxygen atoms in total. The van der Waals surface area contributed by atoms with Crippen LogP contribution in [-0.4, -0.2) is 11.0 Å². The largest absolute Gasteiger partial charge is 0.367 e. The second-order valence-corrected chi connectivity index (χ2v) is 6.43. The monoisotopic (exact) mass is 265 g/mol. The fourth-order valence-electron chi connectivity index (χ4n) is 3.11. The van der Waals surface area contributed by atoms with Crippen LogP contribution in [0, 0.1) is 16.7 Å². The van der Waals surface area contributed by atoms with Crippen LogP contribution in [0.3, 0.4) is 0 Å². The van der Waals surface area contributed by atoms with Crippen LogP contribution < -0.4 is 5.32 Å². The van der Waals surface area contributed by atoms with Gasteiger partial charge >= 0.3 is 0 Å². The molecule has 3 heteroatoms. The van der Waals surface area contributed by atoms with Crippen molar-refractivity contribution in [1.29, 1.82) is 5.26 Å². The van der Waals surface area contributed by atoms with E-state index in [1.54, 1.807) is 0 Å². The Bertz CT molecular complexity index is 682. The third kappa shape index (κ3) is 2.46. The molecule has 1 aliphatic carbocycles. The highest BCUT2D eigenvalue weighted by Crippen LogP contribution is 2.38. The van der Waals surface area contributed by atoms with Crippen LogP contribution in [0.4, 0.5) is 5.82 Å². The number of anilines is 1. The summed E-state index contributed by atoms with van der Waals surface area (Å²) >= 11 is 0. The van der Waals surface area contributed by atoms with Gasteiger partial charge in [0.1, 0.15) is 5.82 Å². The van der Waals surface area contributed by atoms with Crippen molar-refractivity contribution in [2.45, 2.75) is 39.2 Å². The topological polar surface area (TPSA) is 48.7 Å². The SMILES string of the molecule is CC1(C)CCC(Nc2cc(C#N)c3ccccc3n2)C1. The molecule has 0 radical (unpaired) electrons. The Morgan fingerprint density at radius 3 is 2.85 bits per heavy atom. The summed E-state index contributed by atoms with van der Waals surface area (Å²) in [5.41, 5.74) is 1.98. The molecule has 1 unspecified atom stereocenters. The molecule has 102 valence electrons. The molecule has 1 aromatic carbocycles. The van der Waals surface area contributed by atoms with Crippen molar-refractivity contribution >= 4 is 16.7 Å². The zero-order valence-electron chi connectivity index (χ0n) is 12.0. The number of nitrogens with one attached hydrogen (secondary N) is 1. The summed E-state index contributed by atoms with van der Waals surface area (Å²) in [4.78, 5) is 4.63. The fraction of sp³-hybridized carbons (Fsp3) is 0.412. The highest BCUT2D eigenvalue weighted by molar-refractivity contribution is 5.86. The molecule has 1 aromatic heterocycles. The minimum atomic E-state index is 0.409. The first kappa shape index (κ1) is 12.9. The van der Waals surface area contributed by atoms with E-state index in [1.807, 2.05) is 30.3 Å². The lowest BCUT2D eigenvalue weighted by molar-refractivity contribution is 0.378. The summed E-state index contributed by atoms with van der Waals surface area (Å²) in [6, 6.07) is 12.4. The summed E-state index contributed by atoms with van der Waals surface area (Å²) < 4.78 is 0. The lowest BCUT2D eigenvalue weighted by Crippen LogP contribution is -2.18. The van der Waals surface area contributed by atoms with Gasteiger partial charge in [0.05, 0.1) is 17.1 Å². The summed E-state index contributed by atoms with van der Waals surface area (Å²) in [6.45, 7) is 4.62. The third-order valence-electron chi connectivity index (χ3n) is 4.16. The van der Waals surface area contributed by atoms with Gasteiger partial charge in [0.25, 0.3) is 0 Å². The molecular weight excluding hydrogens is 246 g/mol. The number of fused-ring (bicyclic) bond motifs is 1.